The number of aliphatic imine (C=N–C) groups is 2. The highest BCUT2D eigenvalue weighted by Crippen LogP contribution is 2.27. The largest absolute Gasteiger partial charge is 0.445 e. The number of amidine groups is 2. The summed E-state index contributed by atoms with van der Waals surface area (Å²) in [6.45, 7) is 3.90. The number of carbonyl (C=O) groups excluding carboxylic acids is 3. The number of anilines is 1. The molecule has 0 aliphatic carbocycles. The molecule has 0 spiro atoms. The maximum atomic E-state index is 12.9. The lowest BCUT2D eigenvalue weighted by atomic mass is 10.0. The summed E-state index contributed by atoms with van der Waals surface area (Å²) >= 11 is 2.65. The number of aryl methyl sites for hydroxylation is 2. The van der Waals surface area contributed by atoms with Gasteiger partial charge in [0.2, 0.25) is 11.7 Å². The maximum Gasteiger partial charge on any atom is 0.445 e. The summed E-state index contributed by atoms with van der Waals surface area (Å²) in [6, 6.07) is 9.17. The van der Waals surface area contributed by atoms with Crippen LogP contribution in [0.15, 0.2) is 45.7 Å². The van der Waals surface area contributed by atoms with Gasteiger partial charge in [-0.25, -0.2) is 9.79 Å². The van der Waals surface area contributed by atoms with Crippen molar-refractivity contribution in [1.29, 1.82) is 0 Å². The van der Waals surface area contributed by atoms with Crippen LogP contribution in [0.25, 0.3) is 0 Å². The Morgan fingerprint density at radius 1 is 1.25 bits per heavy atom. The fraction of sp³-hybridized carbons (Fsp3) is 0.273. The summed E-state index contributed by atoms with van der Waals surface area (Å²) in [5, 5.41) is 5.28. The minimum absolute atomic E-state index is 0.0718. The molecule has 3 heterocycles. The van der Waals surface area contributed by atoms with Crippen molar-refractivity contribution >= 4 is 63.3 Å². The lowest BCUT2D eigenvalue weighted by Gasteiger charge is -2.26. The molecule has 1 aromatic heterocycles. The highest BCUT2D eigenvalue weighted by Gasteiger charge is 2.49. The van der Waals surface area contributed by atoms with Gasteiger partial charge in [-0.2, -0.15) is 9.48 Å². The van der Waals surface area contributed by atoms with Crippen molar-refractivity contribution in [2.75, 3.05) is 25.2 Å². The number of hydrogen-bond donors (Lipinski definition) is 1. The van der Waals surface area contributed by atoms with Gasteiger partial charge in [0, 0.05) is 5.69 Å². The Bertz CT molecular complexity index is 1210. The molecule has 2 aliphatic rings. The lowest BCUT2D eigenvalue weighted by Crippen LogP contribution is -2.54. The van der Waals surface area contributed by atoms with Gasteiger partial charge in [-0.3, -0.25) is 9.59 Å². The first-order valence-electron chi connectivity index (χ1n) is 9.89. The van der Waals surface area contributed by atoms with Crippen LogP contribution in [0.3, 0.4) is 0 Å². The number of rotatable bonds is 4. The lowest BCUT2D eigenvalue weighted by molar-refractivity contribution is -0.407. The first kappa shape index (κ1) is 22.1. The number of benzene rings is 1. The van der Waals surface area contributed by atoms with Crippen molar-refractivity contribution in [3.05, 3.63) is 51.7 Å². The standard InChI is InChI=1S/C22H21N5O3S2/c1-12-7-8-13(2)14(10-12)23-16(28)11-32-20-17-19(26(3)22(30)27(4)21(17)29)24-18(25-20)15-6-5-9-31-15/h5-10,17H,11H2,1-4H3/p+1. The third kappa shape index (κ3) is 4.15. The van der Waals surface area contributed by atoms with Crippen LogP contribution in [0.2, 0.25) is 0 Å². The van der Waals surface area contributed by atoms with E-state index in [0.29, 0.717) is 16.7 Å². The fourth-order valence-electron chi connectivity index (χ4n) is 3.40. The quantitative estimate of drug-likeness (QED) is 0.698. The number of nitrogens with zero attached hydrogens (tertiary/aromatic N) is 4. The van der Waals surface area contributed by atoms with Crippen LogP contribution in [0.4, 0.5) is 10.5 Å². The highest BCUT2D eigenvalue weighted by atomic mass is 32.2. The van der Waals surface area contributed by atoms with Crippen molar-refractivity contribution in [3.63, 3.8) is 0 Å². The molecule has 0 bridgehead atoms. The number of fused-ring (bicyclic) bond motifs is 1. The first-order valence-corrected chi connectivity index (χ1v) is 11.8. The van der Waals surface area contributed by atoms with Crippen LogP contribution in [0.5, 0.6) is 0 Å². The van der Waals surface area contributed by atoms with E-state index in [0.717, 1.165) is 26.6 Å². The van der Waals surface area contributed by atoms with E-state index in [1.165, 1.54) is 34.7 Å². The van der Waals surface area contributed by atoms with Crippen molar-refractivity contribution in [2.45, 2.75) is 13.8 Å². The smallest absolute Gasteiger partial charge is 0.325 e. The molecule has 0 fully saturated rings. The number of carbonyl (C=O) groups is 3. The van der Waals surface area contributed by atoms with E-state index in [2.05, 4.69) is 15.3 Å². The van der Waals surface area contributed by atoms with Crippen LogP contribution < -0.4 is 5.32 Å². The van der Waals surface area contributed by atoms with E-state index in [1.807, 2.05) is 49.6 Å². The molecule has 1 N–H and O–H groups in total. The summed E-state index contributed by atoms with van der Waals surface area (Å²) in [4.78, 5) is 49.1. The molecular formula is C22H22N5O3S2+. The van der Waals surface area contributed by atoms with Gasteiger partial charge in [0.25, 0.3) is 5.84 Å². The second-order valence-electron chi connectivity index (χ2n) is 7.55. The molecule has 0 saturated heterocycles. The number of imide groups is 1. The van der Waals surface area contributed by atoms with Crippen LogP contribution in [-0.2, 0) is 9.59 Å². The summed E-state index contributed by atoms with van der Waals surface area (Å²) < 4.78 is 1.37. The molecule has 2 aromatic rings. The van der Waals surface area contributed by atoms with Crippen molar-refractivity contribution in [3.8, 4) is 0 Å². The van der Waals surface area contributed by atoms with E-state index in [-0.39, 0.29) is 11.7 Å². The molecule has 1 atom stereocenters. The van der Waals surface area contributed by atoms with Gasteiger partial charge in [-0.05, 0) is 42.5 Å². The summed E-state index contributed by atoms with van der Waals surface area (Å²) in [6.07, 6.45) is 0. The minimum Gasteiger partial charge on any atom is -0.325 e. The Kier molecular flexibility index (Phi) is 6.07. The van der Waals surface area contributed by atoms with E-state index < -0.39 is 17.9 Å². The Balaban J connectivity index is 1.62. The zero-order chi connectivity index (χ0) is 23.0. The zero-order valence-corrected chi connectivity index (χ0v) is 19.7. The monoisotopic (exact) mass is 468 g/mol. The molecular weight excluding hydrogens is 446 g/mol. The van der Waals surface area contributed by atoms with Crippen LogP contribution in [0, 0.1) is 19.8 Å². The second-order valence-corrected chi connectivity index (χ2v) is 9.49. The van der Waals surface area contributed by atoms with Gasteiger partial charge in [-0.1, -0.05) is 35.0 Å². The van der Waals surface area contributed by atoms with Crippen LogP contribution >= 0.6 is 23.1 Å². The van der Waals surface area contributed by atoms with Crippen molar-refractivity contribution in [1.82, 2.24) is 4.90 Å². The van der Waals surface area contributed by atoms with E-state index in [9.17, 15) is 14.4 Å². The molecule has 10 heteroatoms. The van der Waals surface area contributed by atoms with E-state index in [1.54, 1.807) is 7.05 Å². The van der Waals surface area contributed by atoms with E-state index >= 15 is 0 Å². The normalized spacial score (nSPS) is 18.4. The van der Waals surface area contributed by atoms with Gasteiger partial charge >= 0.3 is 11.9 Å². The van der Waals surface area contributed by atoms with Crippen molar-refractivity contribution < 1.29 is 19.0 Å². The number of nitrogens with one attached hydrogen (secondary N) is 1. The number of urea groups is 1. The summed E-state index contributed by atoms with van der Waals surface area (Å²) in [5.41, 5.74) is 2.78. The third-order valence-electron chi connectivity index (χ3n) is 5.20. The molecule has 1 unspecified atom stereocenters. The Morgan fingerprint density at radius 3 is 2.75 bits per heavy atom. The minimum atomic E-state index is -0.815. The molecule has 2 aliphatic heterocycles. The Hall–Kier alpha value is -3.11. The van der Waals surface area contributed by atoms with Crippen LogP contribution in [0.1, 0.15) is 16.0 Å². The summed E-state index contributed by atoms with van der Waals surface area (Å²) in [7, 11) is 3.02. The third-order valence-corrected chi connectivity index (χ3v) is 7.09. The Morgan fingerprint density at radius 2 is 2.03 bits per heavy atom. The highest BCUT2D eigenvalue weighted by molar-refractivity contribution is 8.14. The number of thioether (sulfide) groups is 1. The topological polar surface area (TPSA) is 94.2 Å². The molecule has 4 amide bonds. The average Bonchev–Trinajstić information content (AvgIpc) is 3.31. The van der Waals surface area contributed by atoms with Crippen LogP contribution in [-0.4, -0.2) is 63.9 Å². The molecule has 32 heavy (non-hydrogen) atoms. The molecule has 8 nitrogen and oxygen atoms in total. The molecule has 1 aromatic carbocycles. The molecule has 164 valence electrons. The first-order chi connectivity index (χ1) is 15.3. The maximum absolute atomic E-state index is 12.9. The predicted octanol–water partition coefficient (Wildman–Crippen LogP) is 3.14. The van der Waals surface area contributed by atoms with Gasteiger partial charge in [0.05, 0.1) is 24.7 Å². The predicted molar refractivity (Wildman–Crippen MR) is 128 cm³/mol. The summed E-state index contributed by atoms with van der Waals surface area (Å²) in [5.74, 6) is -0.588. The van der Waals surface area contributed by atoms with Gasteiger partial charge in [0.15, 0.2) is 5.92 Å². The number of thiophene rings is 1. The van der Waals surface area contributed by atoms with Gasteiger partial charge in [-0.15, -0.1) is 11.3 Å². The van der Waals surface area contributed by atoms with Gasteiger partial charge in [0.1, 0.15) is 5.04 Å². The Labute approximate surface area is 193 Å². The molecule has 0 radical (unpaired) electrons. The zero-order valence-electron chi connectivity index (χ0n) is 18.1. The SMILES string of the molecule is Cc1ccc(C)c(NC(=O)CSC2=NC(c3cccs3)=NC3=[N+](C)C(=O)N(C)C(=O)C23)c1. The van der Waals surface area contributed by atoms with Gasteiger partial charge < -0.3 is 5.32 Å². The second kappa shape index (κ2) is 8.79. The number of amides is 4. The fourth-order valence-corrected chi connectivity index (χ4v) is 4.93. The van der Waals surface area contributed by atoms with E-state index in [4.69, 9.17) is 0 Å². The average molecular weight is 469 g/mol. The molecule has 4 rings (SSSR count). The number of hydrogen-bond acceptors (Lipinski definition) is 7. The van der Waals surface area contributed by atoms with Crippen molar-refractivity contribution in [2.24, 2.45) is 15.9 Å². The molecule has 0 saturated carbocycles.